The number of ketones is 2. The largest absolute Gasteiger partial charge is 0.383 e. The van der Waals surface area contributed by atoms with Crippen LogP contribution < -0.4 is 5.73 Å². The van der Waals surface area contributed by atoms with E-state index in [1.165, 1.54) is 43.1 Å². The highest BCUT2D eigenvalue weighted by Gasteiger charge is 2.38. The molecule has 5 amide bonds. The van der Waals surface area contributed by atoms with Crippen molar-refractivity contribution in [3.63, 3.8) is 0 Å². The van der Waals surface area contributed by atoms with Crippen LogP contribution in [0.5, 0.6) is 0 Å². The van der Waals surface area contributed by atoms with Gasteiger partial charge >= 0.3 is 0 Å². The Kier molecular flexibility index (Phi) is 20.6. The molecular weight excluding hydrogens is 702 g/mol. The Hall–Kier alpha value is -4.25. The molecule has 1 saturated heterocycles. The highest BCUT2D eigenvalue weighted by Crippen LogP contribution is 2.26. The Morgan fingerprint density at radius 3 is 1.57 bits per heavy atom. The molecule has 16 nitrogen and oxygen atoms in total. The summed E-state index contributed by atoms with van der Waals surface area (Å²) in [7, 11) is 6.04. The van der Waals surface area contributed by atoms with Crippen LogP contribution in [-0.4, -0.2) is 167 Å². The average molecular weight is 762 g/mol. The standard InChI is InChI=1S/C38H59N5O11/c1-27(32(44)24-31-11-12-43(38(31)50)28(2)33(45)22-29-7-9-30(10-8-29)23-34(39)46)21-35(47)42(25-36(48)40(13-17-51-3)14-18-52-4)26-37(49)41(15-19-53-5)16-20-54-6/h7-10,27-28,31H,11-26H2,1-6H3,(H2,39,46)/t27-,28?,31?/m0/s1. The van der Waals surface area contributed by atoms with E-state index >= 15 is 0 Å². The molecule has 1 fully saturated rings. The monoisotopic (exact) mass is 761 g/mol. The van der Waals surface area contributed by atoms with Crippen LogP contribution in [0, 0.1) is 11.8 Å². The highest BCUT2D eigenvalue weighted by molar-refractivity contribution is 5.95. The van der Waals surface area contributed by atoms with Crippen molar-refractivity contribution in [3.8, 4) is 0 Å². The van der Waals surface area contributed by atoms with E-state index in [0.717, 1.165) is 16.0 Å². The fourth-order valence-electron chi connectivity index (χ4n) is 6.07. The molecule has 302 valence electrons. The van der Waals surface area contributed by atoms with Gasteiger partial charge in [0.15, 0.2) is 5.78 Å². The van der Waals surface area contributed by atoms with E-state index in [1.54, 1.807) is 38.1 Å². The van der Waals surface area contributed by atoms with E-state index in [0.29, 0.717) is 13.0 Å². The van der Waals surface area contributed by atoms with Gasteiger partial charge < -0.3 is 44.3 Å². The van der Waals surface area contributed by atoms with Crippen molar-refractivity contribution in [2.24, 2.45) is 17.6 Å². The Morgan fingerprint density at radius 2 is 1.15 bits per heavy atom. The molecule has 1 heterocycles. The molecule has 0 aromatic heterocycles. The number of amides is 5. The zero-order valence-corrected chi connectivity index (χ0v) is 32.7. The van der Waals surface area contributed by atoms with Crippen LogP contribution in [0.2, 0.25) is 0 Å². The third-order valence-corrected chi connectivity index (χ3v) is 9.51. The van der Waals surface area contributed by atoms with Gasteiger partial charge in [0.1, 0.15) is 18.9 Å². The molecular formula is C38H59N5O11. The molecule has 2 rings (SSSR count). The van der Waals surface area contributed by atoms with Crippen molar-refractivity contribution >= 4 is 41.1 Å². The van der Waals surface area contributed by atoms with Crippen molar-refractivity contribution in [1.29, 1.82) is 0 Å². The average Bonchev–Trinajstić information content (AvgIpc) is 3.50. The van der Waals surface area contributed by atoms with Crippen molar-refractivity contribution in [1.82, 2.24) is 19.6 Å². The first kappa shape index (κ1) is 45.9. The number of primary amides is 1. The Labute approximate surface area is 318 Å². The highest BCUT2D eigenvalue weighted by atomic mass is 16.5. The van der Waals surface area contributed by atoms with Crippen molar-refractivity contribution in [3.05, 3.63) is 35.4 Å². The molecule has 0 aliphatic carbocycles. The number of Topliss-reactive ketones (excluding diaryl/α,β-unsaturated/α-hetero) is 2. The van der Waals surface area contributed by atoms with Gasteiger partial charge in [-0.25, -0.2) is 0 Å². The van der Waals surface area contributed by atoms with E-state index in [2.05, 4.69) is 0 Å². The Morgan fingerprint density at radius 1 is 0.704 bits per heavy atom. The van der Waals surface area contributed by atoms with Crippen LogP contribution in [0.15, 0.2) is 24.3 Å². The molecule has 0 spiro atoms. The summed E-state index contributed by atoms with van der Waals surface area (Å²) in [5.41, 5.74) is 6.73. The quantitative estimate of drug-likeness (QED) is 0.128. The lowest BCUT2D eigenvalue weighted by atomic mass is 9.92. The van der Waals surface area contributed by atoms with Crippen LogP contribution in [0.25, 0.3) is 0 Å². The minimum absolute atomic E-state index is 0.0963. The lowest BCUT2D eigenvalue weighted by molar-refractivity contribution is -0.147. The van der Waals surface area contributed by atoms with Gasteiger partial charge in [-0.15, -0.1) is 0 Å². The minimum atomic E-state index is -0.806. The topological polar surface area (TPSA) is 195 Å². The normalized spacial score (nSPS) is 15.1. The third-order valence-electron chi connectivity index (χ3n) is 9.51. The summed E-state index contributed by atoms with van der Waals surface area (Å²) in [5, 5.41) is 0. The predicted octanol–water partition coefficient (Wildman–Crippen LogP) is 0.120. The zero-order chi connectivity index (χ0) is 40.2. The summed E-state index contributed by atoms with van der Waals surface area (Å²) in [4.78, 5) is 97.4. The van der Waals surface area contributed by atoms with Crippen LogP contribution in [-0.2, 0) is 65.4 Å². The number of nitrogens with two attached hydrogens (primary N) is 1. The maximum Gasteiger partial charge on any atom is 0.242 e. The van der Waals surface area contributed by atoms with Crippen LogP contribution in [0.4, 0.5) is 0 Å². The number of methoxy groups -OCH3 is 4. The van der Waals surface area contributed by atoms with Crippen molar-refractivity contribution < 1.29 is 52.5 Å². The number of rotatable bonds is 27. The summed E-state index contributed by atoms with van der Waals surface area (Å²) in [6, 6.07) is 6.28. The molecule has 0 bridgehead atoms. The first-order valence-electron chi connectivity index (χ1n) is 18.3. The van der Waals surface area contributed by atoms with E-state index in [9.17, 15) is 33.6 Å². The number of likely N-dealkylation sites (tertiary alicyclic amines) is 1. The van der Waals surface area contributed by atoms with Gasteiger partial charge in [0.05, 0.1) is 38.9 Å². The fraction of sp³-hybridized carbons (Fsp3) is 0.658. The third kappa shape index (κ3) is 15.2. The first-order valence-corrected chi connectivity index (χ1v) is 18.3. The molecule has 16 heteroatoms. The summed E-state index contributed by atoms with van der Waals surface area (Å²) in [6.45, 7) is 4.80. The lowest BCUT2D eigenvalue weighted by Crippen LogP contribution is -2.50. The van der Waals surface area contributed by atoms with E-state index in [-0.39, 0.29) is 95.8 Å². The van der Waals surface area contributed by atoms with Crippen LogP contribution in [0.1, 0.15) is 44.2 Å². The fourth-order valence-corrected chi connectivity index (χ4v) is 6.07. The summed E-state index contributed by atoms with van der Waals surface area (Å²) in [6.07, 6.45) is 0.206. The minimum Gasteiger partial charge on any atom is -0.383 e. The second-order valence-electron chi connectivity index (χ2n) is 13.6. The zero-order valence-electron chi connectivity index (χ0n) is 32.7. The number of nitrogens with zero attached hydrogens (tertiary/aromatic N) is 4. The summed E-state index contributed by atoms with van der Waals surface area (Å²) < 4.78 is 20.6. The van der Waals surface area contributed by atoms with Gasteiger partial charge in [0, 0.05) is 92.3 Å². The van der Waals surface area contributed by atoms with E-state index < -0.39 is 54.6 Å². The molecule has 1 aromatic carbocycles. The predicted molar refractivity (Wildman–Crippen MR) is 198 cm³/mol. The second kappa shape index (κ2) is 24.2. The number of ether oxygens (including phenoxy) is 4. The maximum atomic E-state index is 13.8. The smallest absolute Gasteiger partial charge is 0.242 e. The molecule has 1 aromatic rings. The van der Waals surface area contributed by atoms with E-state index in [4.69, 9.17) is 24.7 Å². The molecule has 1 aliphatic heterocycles. The number of hydrogen-bond donors (Lipinski definition) is 1. The van der Waals surface area contributed by atoms with Gasteiger partial charge in [-0.2, -0.15) is 0 Å². The molecule has 2 N–H and O–H groups in total. The first-order chi connectivity index (χ1) is 25.8. The van der Waals surface area contributed by atoms with Crippen LogP contribution in [0.3, 0.4) is 0 Å². The van der Waals surface area contributed by atoms with Gasteiger partial charge in [-0.05, 0) is 24.5 Å². The van der Waals surface area contributed by atoms with Crippen molar-refractivity contribution in [2.75, 3.05) is 101 Å². The Bertz CT molecular complexity index is 1360. The summed E-state index contributed by atoms with van der Waals surface area (Å²) >= 11 is 0. The van der Waals surface area contributed by atoms with Gasteiger partial charge in [-0.3, -0.25) is 33.6 Å². The van der Waals surface area contributed by atoms with Gasteiger partial charge in [-0.1, -0.05) is 31.2 Å². The van der Waals surface area contributed by atoms with Crippen LogP contribution >= 0.6 is 0 Å². The molecule has 3 atom stereocenters. The summed E-state index contributed by atoms with van der Waals surface area (Å²) in [5.74, 6) is -4.04. The van der Waals surface area contributed by atoms with E-state index in [1.807, 2.05) is 0 Å². The number of carbonyl (C=O) groups is 7. The second-order valence-corrected chi connectivity index (χ2v) is 13.6. The molecule has 1 aliphatic rings. The molecule has 54 heavy (non-hydrogen) atoms. The SMILES string of the molecule is COCCN(CCOC)C(=O)CN(CC(=O)N(CCOC)CCOC)C(=O)C[C@H](C)C(=O)CC1CCN(C(C)C(=O)Cc2ccc(CC(N)=O)cc2)C1=O. The van der Waals surface area contributed by atoms with Crippen molar-refractivity contribution in [2.45, 2.75) is 52.0 Å². The maximum absolute atomic E-state index is 13.8. The molecule has 0 saturated carbocycles. The number of carbonyl (C=O) groups excluding carboxylic acids is 7. The number of benzene rings is 1. The molecule has 2 unspecified atom stereocenters. The number of hydrogen-bond acceptors (Lipinski definition) is 11. The van der Waals surface area contributed by atoms with Gasteiger partial charge in [0.2, 0.25) is 29.5 Å². The Balaban J connectivity index is 2.10. The lowest BCUT2D eigenvalue weighted by Gasteiger charge is -2.30. The molecule has 0 radical (unpaired) electrons. The van der Waals surface area contributed by atoms with Gasteiger partial charge in [0.25, 0.3) is 0 Å².